The molecule has 25 heavy (non-hydrogen) atoms. The number of thiophene rings is 1. The van der Waals surface area contributed by atoms with Gasteiger partial charge in [-0.3, -0.25) is 14.9 Å². The van der Waals surface area contributed by atoms with Crippen LogP contribution in [0.2, 0.25) is 0 Å². The van der Waals surface area contributed by atoms with Crippen LogP contribution in [-0.4, -0.2) is 30.5 Å². The molecule has 1 heterocycles. The molecule has 1 aromatic heterocycles. The quantitative estimate of drug-likeness (QED) is 0.444. The summed E-state index contributed by atoms with van der Waals surface area (Å²) in [4.78, 5) is 35.3. The van der Waals surface area contributed by atoms with Crippen LogP contribution in [0.15, 0.2) is 35.7 Å². The van der Waals surface area contributed by atoms with E-state index in [4.69, 9.17) is 4.74 Å². The molecule has 8 nitrogen and oxygen atoms in total. The normalized spacial score (nSPS) is 11.4. The lowest BCUT2D eigenvalue weighted by molar-refractivity contribution is -0.384. The van der Waals surface area contributed by atoms with Crippen molar-refractivity contribution in [1.29, 1.82) is 0 Å². The maximum atomic E-state index is 12.2. The number of amides is 1. The Labute approximate surface area is 148 Å². The number of anilines is 1. The van der Waals surface area contributed by atoms with Gasteiger partial charge in [-0.15, -0.1) is 11.3 Å². The second kappa shape index (κ2) is 8.25. The van der Waals surface area contributed by atoms with Crippen molar-refractivity contribution in [1.82, 2.24) is 5.32 Å². The van der Waals surface area contributed by atoms with Gasteiger partial charge in [-0.2, -0.15) is 0 Å². The molecule has 1 amide bonds. The lowest BCUT2D eigenvalue weighted by Gasteiger charge is -2.13. The number of hydrogen-bond acceptors (Lipinski definition) is 7. The molecule has 2 N–H and O–H groups in total. The number of nitro groups is 1. The van der Waals surface area contributed by atoms with Gasteiger partial charge >= 0.3 is 5.97 Å². The van der Waals surface area contributed by atoms with Crippen LogP contribution in [0.4, 0.5) is 11.4 Å². The second-order valence-electron chi connectivity index (χ2n) is 5.12. The zero-order valence-corrected chi connectivity index (χ0v) is 14.5. The lowest BCUT2D eigenvalue weighted by Crippen LogP contribution is -2.30. The van der Waals surface area contributed by atoms with Crippen molar-refractivity contribution in [3.05, 3.63) is 56.3 Å². The first-order valence-electron chi connectivity index (χ1n) is 7.38. The predicted molar refractivity (Wildman–Crippen MR) is 93.8 cm³/mol. The molecule has 1 atom stereocenters. The number of hydrogen-bond donors (Lipinski definition) is 2. The van der Waals surface area contributed by atoms with Gasteiger partial charge in [-0.1, -0.05) is 6.07 Å². The standard InChI is InChI=1S/C16H17N3O5S/c1-10(14-4-3-7-25-14)18-15(20)9-24-16(21)12-8-11(19(22)23)5-6-13(12)17-2/h3-8,10,17H,9H2,1-2H3,(H,18,20)/t10-/m0/s1. The molecule has 9 heteroatoms. The summed E-state index contributed by atoms with van der Waals surface area (Å²) in [6.45, 7) is 1.35. The van der Waals surface area contributed by atoms with Gasteiger partial charge in [0.05, 0.1) is 16.5 Å². The molecular weight excluding hydrogens is 346 g/mol. The molecule has 0 aliphatic heterocycles. The summed E-state index contributed by atoms with van der Waals surface area (Å²) in [5.74, 6) is -1.27. The first kappa shape index (κ1) is 18.4. The fraction of sp³-hybridized carbons (Fsp3) is 0.250. The van der Waals surface area contributed by atoms with E-state index in [2.05, 4.69) is 10.6 Å². The molecule has 0 saturated heterocycles. The Kier molecular flexibility index (Phi) is 6.07. The second-order valence-corrected chi connectivity index (χ2v) is 6.10. The van der Waals surface area contributed by atoms with Gasteiger partial charge in [0.15, 0.2) is 6.61 Å². The molecule has 0 aliphatic carbocycles. The average Bonchev–Trinajstić information content (AvgIpc) is 3.13. The van der Waals surface area contributed by atoms with E-state index in [9.17, 15) is 19.7 Å². The molecule has 0 aliphatic rings. The molecule has 1 aromatic carbocycles. The number of non-ortho nitro benzene ring substituents is 1. The Morgan fingerprint density at radius 3 is 2.72 bits per heavy atom. The van der Waals surface area contributed by atoms with E-state index >= 15 is 0 Å². The topological polar surface area (TPSA) is 111 Å². The number of nitrogens with one attached hydrogen (secondary N) is 2. The summed E-state index contributed by atoms with van der Waals surface area (Å²) in [5, 5.41) is 18.2. The highest BCUT2D eigenvalue weighted by molar-refractivity contribution is 7.10. The van der Waals surface area contributed by atoms with Crippen LogP contribution in [0, 0.1) is 10.1 Å². The SMILES string of the molecule is CNc1ccc([N+](=O)[O-])cc1C(=O)OCC(=O)N[C@@H](C)c1cccs1. The van der Waals surface area contributed by atoms with E-state index in [1.807, 2.05) is 24.4 Å². The summed E-state index contributed by atoms with van der Waals surface area (Å²) in [5.41, 5.74) is 0.139. The molecule has 132 valence electrons. The van der Waals surface area contributed by atoms with Crippen molar-refractivity contribution >= 4 is 34.6 Å². The first-order chi connectivity index (χ1) is 11.9. The molecule has 0 unspecified atom stereocenters. The largest absolute Gasteiger partial charge is 0.452 e. The van der Waals surface area contributed by atoms with Crippen molar-refractivity contribution in [2.24, 2.45) is 0 Å². The van der Waals surface area contributed by atoms with Crippen LogP contribution in [0.1, 0.15) is 28.2 Å². The van der Waals surface area contributed by atoms with Crippen LogP contribution in [0.5, 0.6) is 0 Å². The van der Waals surface area contributed by atoms with Crippen LogP contribution in [-0.2, 0) is 9.53 Å². The number of rotatable bonds is 7. The number of ether oxygens (including phenoxy) is 1. The van der Waals surface area contributed by atoms with Crippen molar-refractivity contribution in [3.63, 3.8) is 0 Å². The highest BCUT2D eigenvalue weighted by Gasteiger charge is 2.19. The number of nitro benzene ring substituents is 1. The maximum absolute atomic E-state index is 12.2. The minimum Gasteiger partial charge on any atom is -0.452 e. The van der Waals surface area contributed by atoms with Gasteiger partial charge in [0.1, 0.15) is 0 Å². The minimum absolute atomic E-state index is 0.00388. The molecule has 2 rings (SSSR count). The summed E-state index contributed by atoms with van der Waals surface area (Å²) in [6, 6.07) is 7.37. The van der Waals surface area contributed by atoms with E-state index < -0.39 is 23.4 Å². The fourth-order valence-electron chi connectivity index (χ4n) is 2.13. The summed E-state index contributed by atoms with van der Waals surface area (Å²) >= 11 is 1.51. The molecule has 0 radical (unpaired) electrons. The Bertz CT molecular complexity index is 776. The smallest absolute Gasteiger partial charge is 0.341 e. The van der Waals surface area contributed by atoms with Gasteiger partial charge in [-0.05, 0) is 24.4 Å². The van der Waals surface area contributed by atoms with Crippen LogP contribution < -0.4 is 10.6 Å². The number of nitrogens with zero attached hydrogens (tertiary/aromatic N) is 1. The first-order valence-corrected chi connectivity index (χ1v) is 8.26. The van der Waals surface area contributed by atoms with E-state index in [0.717, 1.165) is 10.9 Å². The molecule has 2 aromatic rings. The molecule has 0 saturated carbocycles. The Morgan fingerprint density at radius 1 is 1.36 bits per heavy atom. The van der Waals surface area contributed by atoms with Crippen LogP contribution in [0.3, 0.4) is 0 Å². The van der Waals surface area contributed by atoms with Crippen molar-refractivity contribution < 1.29 is 19.2 Å². The Balaban J connectivity index is 1.98. The highest BCUT2D eigenvalue weighted by Crippen LogP contribution is 2.22. The Hall–Kier alpha value is -2.94. The van der Waals surface area contributed by atoms with Crippen LogP contribution in [0.25, 0.3) is 0 Å². The average molecular weight is 363 g/mol. The Morgan fingerprint density at radius 2 is 2.12 bits per heavy atom. The summed E-state index contributed by atoms with van der Waals surface area (Å²) < 4.78 is 4.98. The third-order valence-corrected chi connectivity index (χ3v) is 4.44. The highest BCUT2D eigenvalue weighted by atomic mass is 32.1. The van der Waals surface area contributed by atoms with Gasteiger partial charge < -0.3 is 15.4 Å². The number of carbonyl (C=O) groups is 2. The molecule has 0 fully saturated rings. The zero-order chi connectivity index (χ0) is 18.4. The monoisotopic (exact) mass is 363 g/mol. The van der Waals surface area contributed by atoms with E-state index in [1.165, 1.54) is 23.5 Å². The molecule has 0 spiro atoms. The summed E-state index contributed by atoms with van der Waals surface area (Å²) in [6.07, 6.45) is 0. The minimum atomic E-state index is -0.813. The molecular formula is C16H17N3O5S. The van der Waals surface area contributed by atoms with Crippen LogP contribution >= 0.6 is 11.3 Å². The van der Waals surface area contributed by atoms with Gasteiger partial charge in [0.2, 0.25) is 0 Å². The molecule has 0 bridgehead atoms. The zero-order valence-electron chi connectivity index (χ0n) is 13.6. The lowest BCUT2D eigenvalue weighted by atomic mass is 10.1. The number of esters is 1. The van der Waals surface area contributed by atoms with Crippen molar-refractivity contribution in [2.45, 2.75) is 13.0 Å². The van der Waals surface area contributed by atoms with Gasteiger partial charge in [-0.25, -0.2) is 4.79 Å². The van der Waals surface area contributed by atoms with E-state index in [-0.39, 0.29) is 17.3 Å². The predicted octanol–water partition coefficient (Wildman–Crippen LogP) is 2.73. The van der Waals surface area contributed by atoms with Crippen molar-refractivity contribution in [2.75, 3.05) is 19.0 Å². The van der Waals surface area contributed by atoms with Gasteiger partial charge in [0.25, 0.3) is 11.6 Å². The third kappa shape index (κ3) is 4.77. The van der Waals surface area contributed by atoms with Gasteiger partial charge in [0, 0.05) is 29.7 Å². The van der Waals surface area contributed by atoms with E-state index in [1.54, 1.807) is 7.05 Å². The maximum Gasteiger partial charge on any atom is 0.341 e. The fourth-order valence-corrected chi connectivity index (χ4v) is 2.87. The summed E-state index contributed by atoms with van der Waals surface area (Å²) in [7, 11) is 1.58. The van der Waals surface area contributed by atoms with Crippen molar-refractivity contribution in [3.8, 4) is 0 Å². The van der Waals surface area contributed by atoms with E-state index in [0.29, 0.717) is 5.69 Å². The third-order valence-electron chi connectivity index (χ3n) is 3.39. The number of benzene rings is 1. The number of carbonyl (C=O) groups excluding carboxylic acids is 2.